The molecule has 0 unspecified atom stereocenters. The summed E-state index contributed by atoms with van der Waals surface area (Å²) in [5.74, 6) is 0. The standard InChI is InChI=1S/C64H45N/c1-6-18-46(19-7-1)55-36-43-63(62(45-55)51-26-14-5-15-27-51)65(57-39-32-53(33-40-57)64-59-29-17-16-28-52(59)34-42-60(64)49-22-10-3-11-23-49)56-37-30-47(31-38-56)54-35-41-58(48-20-8-2-9-21-48)61(44-54)50-24-12-4-13-25-50/h1-45H/i36D,43D,45D. The van der Waals surface area contributed by atoms with Crippen molar-refractivity contribution >= 4 is 27.8 Å². The van der Waals surface area contributed by atoms with Gasteiger partial charge in [-0.1, -0.05) is 230 Å². The number of anilines is 3. The van der Waals surface area contributed by atoms with Crippen LogP contribution in [0.3, 0.4) is 0 Å². The normalized spacial score (nSPS) is 11.7. The van der Waals surface area contributed by atoms with Gasteiger partial charge in [0.2, 0.25) is 0 Å². The van der Waals surface area contributed by atoms with E-state index in [0.29, 0.717) is 16.8 Å². The van der Waals surface area contributed by atoms with E-state index in [1.807, 2.05) is 78.9 Å². The maximum Gasteiger partial charge on any atom is 0.0645 e. The van der Waals surface area contributed by atoms with Crippen molar-refractivity contribution in [1.29, 1.82) is 0 Å². The molecular formula is C64H45N. The third-order valence-electron chi connectivity index (χ3n) is 12.2. The van der Waals surface area contributed by atoms with Gasteiger partial charge in [-0.2, -0.15) is 0 Å². The largest absolute Gasteiger partial charge is 0.310 e. The number of rotatable bonds is 10. The van der Waals surface area contributed by atoms with E-state index in [9.17, 15) is 4.11 Å². The maximum absolute atomic E-state index is 9.95. The molecule has 0 spiro atoms. The SMILES string of the molecule is [2H]c1c([2H])c(N(c2ccc(-c3ccc(-c4ccccc4)c(-c4ccccc4)c3)cc2)c2ccc(-c3c(-c4ccccc4)ccc4ccccc34)cc2)c(-c2ccccc2)c([2H])c1-c1ccccc1. The Morgan fingerprint density at radius 1 is 0.277 bits per heavy atom. The first-order chi connectivity index (χ1) is 33.5. The summed E-state index contributed by atoms with van der Waals surface area (Å²) in [5.41, 5.74) is 15.9. The van der Waals surface area contributed by atoms with Crippen molar-refractivity contribution in [2.24, 2.45) is 0 Å². The van der Waals surface area contributed by atoms with Crippen molar-refractivity contribution in [3.05, 3.63) is 273 Å². The third-order valence-corrected chi connectivity index (χ3v) is 12.2. The van der Waals surface area contributed by atoms with Crippen LogP contribution in [0.15, 0.2) is 273 Å². The molecule has 11 aromatic rings. The van der Waals surface area contributed by atoms with Gasteiger partial charge in [-0.3, -0.25) is 0 Å². The van der Waals surface area contributed by atoms with Gasteiger partial charge in [0.1, 0.15) is 0 Å². The first-order valence-electron chi connectivity index (χ1n) is 23.6. The minimum absolute atomic E-state index is 0.00401. The number of hydrogen-bond acceptors (Lipinski definition) is 1. The lowest BCUT2D eigenvalue weighted by molar-refractivity contribution is 1.28. The monoisotopic (exact) mass is 830 g/mol. The molecule has 65 heavy (non-hydrogen) atoms. The third kappa shape index (κ3) is 7.93. The summed E-state index contributed by atoms with van der Waals surface area (Å²) in [7, 11) is 0. The summed E-state index contributed by atoms with van der Waals surface area (Å²) in [5, 5.41) is 2.32. The fraction of sp³-hybridized carbons (Fsp3) is 0. The van der Waals surface area contributed by atoms with Crippen molar-refractivity contribution in [3.63, 3.8) is 0 Å². The zero-order valence-electron chi connectivity index (χ0n) is 38.7. The Kier molecular flexibility index (Phi) is 9.80. The van der Waals surface area contributed by atoms with Gasteiger partial charge in [-0.15, -0.1) is 0 Å². The summed E-state index contributed by atoms with van der Waals surface area (Å²) in [6, 6.07) is 87.9. The second-order valence-electron chi connectivity index (χ2n) is 16.2. The molecule has 0 aromatic heterocycles. The predicted octanol–water partition coefficient (Wildman–Crippen LogP) is 18.0. The van der Waals surface area contributed by atoms with Gasteiger partial charge >= 0.3 is 0 Å². The van der Waals surface area contributed by atoms with Crippen LogP contribution < -0.4 is 4.90 Å². The van der Waals surface area contributed by atoms with E-state index in [2.05, 4.69) is 181 Å². The number of nitrogens with zero attached hydrogens (tertiary/aromatic N) is 1. The maximum atomic E-state index is 9.95. The second-order valence-corrected chi connectivity index (χ2v) is 16.2. The summed E-state index contributed by atoms with van der Waals surface area (Å²) in [6.45, 7) is 0. The highest BCUT2D eigenvalue weighted by atomic mass is 15.1. The van der Waals surface area contributed by atoms with E-state index < -0.39 is 0 Å². The van der Waals surface area contributed by atoms with E-state index in [4.69, 9.17) is 0 Å². The van der Waals surface area contributed by atoms with E-state index in [-0.39, 0.29) is 18.1 Å². The lowest BCUT2D eigenvalue weighted by Gasteiger charge is -2.29. The summed E-state index contributed by atoms with van der Waals surface area (Å²) in [4.78, 5) is 2.07. The van der Waals surface area contributed by atoms with E-state index >= 15 is 0 Å². The van der Waals surface area contributed by atoms with Gasteiger partial charge < -0.3 is 4.90 Å². The Labute approximate surface area is 386 Å². The molecular weight excluding hydrogens is 783 g/mol. The Morgan fingerprint density at radius 2 is 0.708 bits per heavy atom. The molecule has 0 atom stereocenters. The van der Waals surface area contributed by atoms with Gasteiger partial charge in [0, 0.05) is 16.9 Å². The van der Waals surface area contributed by atoms with Crippen LogP contribution in [0.4, 0.5) is 17.1 Å². The lowest BCUT2D eigenvalue weighted by Crippen LogP contribution is -2.11. The van der Waals surface area contributed by atoms with Crippen molar-refractivity contribution in [2.45, 2.75) is 0 Å². The van der Waals surface area contributed by atoms with Crippen molar-refractivity contribution in [1.82, 2.24) is 0 Å². The van der Waals surface area contributed by atoms with Crippen LogP contribution in [0.1, 0.15) is 4.11 Å². The molecule has 0 aliphatic heterocycles. The lowest BCUT2D eigenvalue weighted by atomic mass is 9.89. The van der Waals surface area contributed by atoms with Crippen LogP contribution in [-0.4, -0.2) is 0 Å². The molecule has 0 aliphatic rings. The highest BCUT2D eigenvalue weighted by molar-refractivity contribution is 6.04. The molecule has 0 amide bonds. The molecule has 0 bridgehead atoms. The fourth-order valence-corrected chi connectivity index (χ4v) is 9.01. The molecule has 0 N–H and O–H groups in total. The van der Waals surface area contributed by atoms with Crippen molar-refractivity contribution in [2.75, 3.05) is 4.90 Å². The summed E-state index contributed by atoms with van der Waals surface area (Å²) >= 11 is 0. The zero-order valence-corrected chi connectivity index (χ0v) is 35.7. The molecule has 0 radical (unpaired) electrons. The molecule has 0 saturated carbocycles. The van der Waals surface area contributed by atoms with E-state index in [1.54, 1.807) is 0 Å². The Morgan fingerprint density at radius 3 is 1.29 bits per heavy atom. The van der Waals surface area contributed by atoms with E-state index in [0.717, 1.165) is 83.3 Å². The average molecular weight is 831 g/mol. The van der Waals surface area contributed by atoms with Crippen LogP contribution in [0, 0.1) is 0 Å². The average Bonchev–Trinajstić information content (AvgIpc) is 3.41. The molecule has 0 aliphatic carbocycles. The van der Waals surface area contributed by atoms with Crippen LogP contribution in [0.25, 0.3) is 88.7 Å². The predicted molar refractivity (Wildman–Crippen MR) is 277 cm³/mol. The molecule has 306 valence electrons. The molecule has 0 fully saturated rings. The van der Waals surface area contributed by atoms with Gasteiger partial charge in [-0.25, -0.2) is 0 Å². The number of hydrogen-bond donors (Lipinski definition) is 0. The van der Waals surface area contributed by atoms with Crippen molar-refractivity contribution in [3.8, 4) is 77.9 Å². The molecule has 1 heteroatoms. The highest BCUT2D eigenvalue weighted by Gasteiger charge is 2.20. The van der Waals surface area contributed by atoms with Gasteiger partial charge in [0.15, 0.2) is 0 Å². The van der Waals surface area contributed by atoms with E-state index in [1.165, 1.54) is 5.56 Å². The Bertz CT molecular complexity index is 3540. The number of fused-ring (bicyclic) bond motifs is 1. The highest BCUT2D eigenvalue weighted by Crippen LogP contribution is 2.45. The van der Waals surface area contributed by atoms with Crippen LogP contribution in [-0.2, 0) is 0 Å². The molecule has 0 heterocycles. The Balaban J connectivity index is 1.10. The molecule has 11 aromatic carbocycles. The van der Waals surface area contributed by atoms with Gasteiger partial charge in [0.25, 0.3) is 0 Å². The van der Waals surface area contributed by atoms with Crippen LogP contribution in [0.5, 0.6) is 0 Å². The van der Waals surface area contributed by atoms with Crippen molar-refractivity contribution < 1.29 is 4.11 Å². The quantitative estimate of drug-likeness (QED) is 0.133. The van der Waals surface area contributed by atoms with Crippen LogP contribution in [0.2, 0.25) is 0 Å². The summed E-state index contributed by atoms with van der Waals surface area (Å²) in [6.07, 6.45) is 0. The van der Waals surface area contributed by atoms with Crippen LogP contribution >= 0.6 is 0 Å². The fourth-order valence-electron chi connectivity index (χ4n) is 9.01. The minimum atomic E-state index is 0.00401. The van der Waals surface area contributed by atoms with Gasteiger partial charge in [-0.05, 0) is 126 Å². The van der Waals surface area contributed by atoms with Gasteiger partial charge in [0.05, 0.1) is 9.80 Å². The zero-order chi connectivity index (χ0) is 46.0. The number of benzene rings is 11. The second kappa shape index (κ2) is 17.7. The Hall–Kier alpha value is -8.52. The first-order valence-corrected chi connectivity index (χ1v) is 22.1. The topological polar surface area (TPSA) is 3.24 Å². The molecule has 1 nitrogen and oxygen atoms in total. The molecule has 0 saturated heterocycles. The summed E-state index contributed by atoms with van der Waals surface area (Å²) < 4.78 is 29.5. The first kappa shape index (κ1) is 36.0. The molecule has 11 rings (SSSR count). The minimum Gasteiger partial charge on any atom is -0.310 e. The smallest absolute Gasteiger partial charge is 0.0645 e.